The molecule has 18 heteroatoms. The highest BCUT2D eigenvalue weighted by molar-refractivity contribution is 5.88. The van der Waals surface area contributed by atoms with Crippen molar-refractivity contribution in [3.05, 3.63) is 59.8 Å². The van der Waals surface area contributed by atoms with Crippen molar-refractivity contribution in [2.24, 2.45) is 46.2 Å². The Kier molecular flexibility index (Phi) is 37.1. The average Bonchev–Trinajstić information content (AvgIpc) is 3.60. The molecule has 18 atom stereocenters. The summed E-state index contributed by atoms with van der Waals surface area (Å²) < 4.78 is 18.3. The first-order valence-corrected chi connectivity index (χ1v) is 31.4. The van der Waals surface area contributed by atoms with Crippen LogP contribution in [0.1, 0.15) is 204 Å². The monoisotopic (exact) mass is 1180 g/mol. The predicted molar refractivity (Wildman–Crippen MR) is 326 cm³/mol. The molecule has 0 unspecified atom stereocenters. The number of nitrogens with one attached hydrogen (secondary N) is 1. The van der Waals surface area contributed by atoms with Crippen LogP contribution in [0.2, 0.25) is 0 Å². The Balaban J connectivity index is 2.43. The number of ether oxygens (including phenoxy) is 3. The van der Waals surface area contributed by atoms with Crippen LogP contribution < -0.4 is 11.1 Å². The van der Waals surface area contributed by atoms with Crippen molar-refractivity contribution in [2.75, 3.05) is 13.6 Å². The van der Waals surface area contributed by atoms with Crippen LogP contribution in [-0.4, -0.2) is 162 Å². The molecule has 0 saturated carbocycles. The molecule has 0 spiro atoms. The molecule has 480 valence electrons. The third kappa shape index (κ3) is 30.6. The first-order chi connectivity index (χ1) is 39.2. The van der Waals surface area contributed by atoms with Gasteiger partial charge in [-0.3, -0.25) is 9.79 Å². The number of esters is 2. The Morgan fingerprint density at radius 1 is 0.735 bits per heavy atom. The van der Waals surface area contributed by atoms with E-state index in [1.165, 1.54) is 12.8 Å². The van der Waals surface area contributed by atoms with E-state index >= 15 is 0 Å². The summed E-state index contributed by atoms with van der Waals surface area (Å²) in [4.78, 5) is 31.0. The lowest BCUT2D eigenvalue weighted by Gasteiger charge is -2.45. The zero-order chi connectivity index (χ0) is 62.2. The zero-order valence-corrected chi connectivity index (χ0v) is 52.3. The Hall–Kier alpha value is -3.53. The van der Waals surface area contributed by atoms with Crippen LogP contribution in [-0.2, 0) is 23.8 Å². The fourth-order valence-electron chi connectivity index (χ4n) is 10.9. The number of aliphatic hydroxyl groups is 10. The Morgan fingerprint density at radius 2 is 1.36 bits per heavy atom. The zero-order valence-electron chi connectivity index (χ0n) is 52.3. The first kappa shape index (κ1) is 75.6. The summed E-state index contributed by atoms with van der Waals surface area (Å²) in [5.74, 6) is -4.33. The molecule has 0 aromatic carbocycles. The third-order valence-corrected chi connectivity index (χ3v) is 16.9. The Morgan fingerprint density at radius 3 is 2.04 bits per heavy atom. The first-order valence-electron chi connectivity index (χ1n) is 31.4. The van der Waals surface area contributed by atoms with Gasteiger partial charge in [-0.1, -0.05) is 136 Å². The van der Waals surface area contributed by atoms with E-state index in [1.54, 1.807) is 72.0 Å². The smallest absolute Gasteiger partial charge is 0.334 e. The maximum Gasteiger partial charge on any atom is 0.334 e. The standard InChI is InChI=1S/C65H115N3O15/c1-42(2)25-19-15-11-12-17-21-31-60(77)81-52-36-50(69)35-51(70)37-55(72)43(3)27-23-29-47(7)61(46(6)26-20-16-13-14-18-22-34-68-64(66)67-10)82-63(79)48(8)30-24-28-44(4)56(73)40-57(74)49(9)54(71)33-32-45(5)59(76)41-65(80)62(78)58(75)39-53(38-52)83-65/h13-14,23-24,27-30,42,44-47,49-59,61-62,69-76,78,80H,11-12,15-22,25-26,31-41H2,1-10H3,(H3,66,67,68)/b14-13-,28-24-,29-23-,43-27-,48-30-/t44-,45+,46+,47-,49-,50-,51-,52+,53+,54-,55+,56-,57-,58-,59+,61+,62+,65-/m1/s1. The number of carbonyl (C=O) groups is 2. The van der Waals surface area contributed by atoms with Crippen LogP contribution in [0, 0.1) is 35.5 Å². The van der Waals surface area contributed by atoms with Gasteiger partial charge < -0.3 is 76.3 Å². The molecule has 1 saturated heterocycles. The minimum Gasteiger partial charge on any atom is -0.462 e. The van der Waals surface area contributed by atoms with Gasteiger partial charge >= 0.3 is 11.9 Å². The summed E-state index contributed by atoms with van der Waals surface area (Å²) in [5.41, 5.74) is 6.60. The molecule has 18 nitrogen and oxygen atoms in total. The molecule has 2 rings (SSSR count). The number of cyclic esters (lactones) is 1. The lowest BCUT2D eigenvalue weighted by Crippen LogP contribution is -2.60. The maximum absolute atomic E-state index is 13.7. The van der Waals surface area contributed by atoms with Crippen LogP contribution in [0.15, 0.2) is 64.7 Å². The van der Waals surface area contributed by atoms with Gasteiger partial charge in [0.2, 0.25) is 0 Å². The highest BCUT2D eigenvalue weighted by Gasteiger charge is 2.50. The Labute approximate surface area is 498 Å². The van der Waals surface area contributed by atoms with Gasteiger partial charge in [0.25, 0.3) is 0 Å². The number of nitrogens with zero attached hydrogens (tertiary/aromatic N) is 1. The second-order valence-electron chi connectivity index (χ2n) is 25.1. The lowest BCUT2D eigenvalue weighted by atomic mass is 9.84. The molecule has 2 aliphatic heterocycles. The molecule has 2 aliphatic rings. The fraction of sp³-hybridized carbons (Fsp3) is 0.800. The van der Waals surface area contributed by atoms with Gasteiger partial charge in [0.05, 0.1) is 54.9 Å². The van der Waals surface area contributed by atoms with E-state index in [-0.39, 0.29) is 69.6 Å². The second-order valence-corrected chi connectivity index (χ2v) is 25.1. The van der Waals surface area contributed by atoms with Crippen LogP contribution >= 0.6 is 0 Å². The van der Waals surface area contributed by atoms with E-state index in [2.05, 4.69) is 43.2 Å². The summed E-state index contributed by atoms with van der Waals surface area (Å²) in [7, 11) is 1.64. The van der Waals surface area contributed by atoms with E-state index in [0.29, 0.717) is 29.4 Å². The minimum absolute atomic E-state index is 0.0393. The topological polar surface area (TPSA) is 315 Å². The number of allylic oxidation sites excluding steroid dienone is 6. The van der Waals surface area contributed by atoms with Gasteiger partial charge in [-0.25, -0.2) is 4.79 Å². The maximum atomic E-state index is 13.7. The number of carbonyl (C=O) groups excluding carboxylic acids is 2. The number of unbranched alkanes of at least 4 members (excludes halogenated alkanes) is 7. The fourth-order valence-corrected chi connectivity index (χ4v) is 10.9. The van der Waals surface area contributed by atoms with Gasteiger partial charge in [0, 0.05) is 81.9 Å². The van der Waals surface area contributed by atoms with Gasteiger partial charge in [-0.15, -0.1) is 0 Å². The highest BCUT2D eigenvalue weighted by Crippen LogP contribution is 2.36. The van der Waals surface area contributed by atoms with Crippen molar-refractivity contribution in [1.82, 2.24) is 5.32 Å². The molecule has 0 aliphatic carbocycles. The summed E-state index contributed by atoms with van der Waals surface area (Å²) in [6, 6.07) is 0. The molecule has 1 fully saturated rings. The quantitative estimate of drug-likeness (QED) is 0.0194. The average molecular weight is 1180 g/mol. The van der Waals surface area contributed by atoms with E-state index in [0.717, 1.165) is 64.3 Å². The summed E-state index contributed by atoms with van der Waals surface area (Å²) >= 11 is 0. The van der Waals surface area contributed by atoms with Crippen molar-refractivity contribution in [3.63, 3.8) is 0 Å². The third-order valence-electron chi connectivity index (χ3n) is 16.9. The van der Waals surface area contributed by atoms with E-state index in [4.69, 9.17) is 19.9 Å². The van der Waals surface area contributed by atoms with E-state index < -0.39 is 115 Å². The number of aliphatic imine (C=N–C) groups is 1. The molecule has 0 aromatic heterocycles. The number of rotatable bonds is 19. The SMILES string of the molecule is CN=C(N)NCCC/C=C\CCC[C@H](C)[C@@H]1OC(=O)/C(C)=C\C=C/[C@@H](C)[C@H](O)C[C@@H](O)[C@H](C)[C@H](O)CC[C@H](C)[C@@H](O)C[C@@]2(O)O[C@@H](C[C@@H](OC(=O)CCCCCCCCC(C)C)C[C@H](O)C[C@@H](O)C[C@H](O)/C(C)=C\C=C/[C@H]1C)C[C@@H](O)[C@@H]2O. The van der Waals surface area contributed by atoms with E-state index in [9.17, 15) is 60.7 Å². The van der Waals surface area contributed by atoms with Crippen molar-refractivity contribution in [3.8, 4) is 0 Å². The molecule has 0 radical (unpaired) electrons. The highest BCUT2D eigenvalue weighted by atomic mass is 16.7. The van der Waals surface area contributed by atoms with Gasteiger partial charge in [0.15, 0.2) is 11.7 Å². The van der Waals surface area contributed by atoms with Crippen molar-refractivity contribution in [2.45, 2.75) is 283 Å². The molecular formula is C65H115N3O15. The summed E-state index contributed by atoms with van der Waals surface area (Å²) in [6.07, 6.45) is 11.5. The van der Waals surface area contributed by atoms with E-state index in [1.807, 2.05) is 13.0 Å². The number of guanidine groups is 1. The predicted octanol–water partition coefficient (Wildman–Crippen LogP) is 7.67. The number of aliphatic hydroxyl groups excluding tert-OH is 9. The normalized spacial score (nSPS) is 35.9. The van der Waals surface area contributed by atoms with Crippen LogP contribution in [0.4, 0.5) is 0 Å². The van der Waals surface area contributed by atoms with Crippen LogP contribution in [0.25, 0.3) is 0 Å². The van der Waals surface area contributed by atoms with Crippen LogP contribution in [0.5, 0.6) is 0 Å². The number of hydrogen-bond acceptors (Lipinski definition) is 16. The number of nitrogens with two attached hydrogens (primary N) is 1. The van der Waals surface area contributed by atoms with Crippen molar-refractivity contribution >= 4 is 17.9 Å². The van der Waals surface area contributed by atoms with Crippen molar-refractivity contribution < 1.29 is 74.9 Å². The molecule has 2 heterocycles. The molecule has 0 amide bonds. The summed E-state index contributed by atoms with van der Waals surface area (Å²) in [6.45, 7) is 17.7. The molecule has 0 aromatic rings. The number of fused-ring (bicyclic) bond motifs is 2. The molecule has 13 N–H and O–H groups in total. The van der Waals surface area contributed by atoms with Crippen molar-refractivity contribution in [1.29, 1.82) is 0 Å². The minimum atomic E-state index is -2.43. The largest absolute Gasteiger partial charge is 0.462 e. The lowest BCUT2D eigenvalue weighted by molar-refractivity contribution is -0.333. The van der Waals surface area contributed by atoms with Crippen LogP contribution in [0.3, 0.4) is 0 Å². The van der Waals surface area contributed by atoms with Gasteiger partial charge in [-0.2, -0.15) is 0 Å². The molecule has 2 bridgehead atoms. The second kappa shape index (κ2) is 40.8. The van der Waals surface area contributed by atoms with Gasteiger partial charge in [-0.05, 0) is 95.0 Å². The number of hydrogen-bond donors (Lipinski definition) is 12. The molecular weight excluding hydrogens is 1060 g/mol. The Bertz CT molecular complexity index is 2000. The van der Waals surface area contributed by atoms with Gasteiger partial charge in [0.1, 0.15) is 18.3 Å². The molecule has 83 heavy (non-hydrogen) atoms. The summed E-state index contributed by atoms with van der Waals surface area (Å²) in [5, 5.41) is 116.